The molecular weight excluding hydrogens is 246 g/mol. The summed E-state index contributed by atoms with van der Waals surface area (Å²) in [5.41, 5.74) is -0.0389. The van der Waals surface area contributed by atoms with Gasteiger partial charge in [-0.3, -0.25) is 4.89 Å². The number of hydrogen-bond acceptors (Lipinski definition) is 5. The molecule has 0 N–H and O–H groups in total. The Morgan fingerprint density at radius 3 is 2.58 bits per heavy atom. The Bertz CT molecular complexity index is 307. The van der Waals surface area contributed by atoms with Gasteiger partial charge in [-0.1, -0.05) is 39.2 Å². The fourth-order valence-corrected chi connectivity index (χ4v) is 1.34. The minimum Gasteiger partial charge on any atom is -0.379 e. The molecule has 0 amide bonds. The van der Waals surface area contributed by atoms with Gasteiger partial charge in [0, 0.05) is 6.61 Å². The summed E-state index contributed by atoms with van der Waals surface area (Å²) in [7, 11) is 0. The molecule has 0 aromatic heterocycles. The van der Waals surface area contributed by atoms with Crippen LogP contribution < -0.4 is 0 Å². The van der Waals surface area contributed by atoms with Crippen LogP contribution in [0, 0.1) is 11.3 Å². The standard InChI is InChI=1S/C14H23NO4/c1-3-5-6-7-9-17-10-11-18-19-14(16)13(12-15)8-4-2/h8H,3-7,9-11H2,1-2H3. The third kappa shape index (κ3) is 10.2. The van der Waals surface area contributed by atoms with E-state index in [-0.39, 0.29) is 12.2 Å². The van der Waals surface area contributed by atoms with Crippen LogP contribution in [0.1, 0.15) is 46.0 Å². The van der Waals surface area contributed by atoms with E-state index in [1.807, 2.05) is 6.92 Å². The zero-order valence-electron chi connectivity index (χ0n) is 11.8. The number of carbonyl (C=O) groups is 1. The highest BCUT2D eigenvalue weighted by Crippen LogP contribution is 2.00. The van der Waals surface area contributed by atoms with Crippen molar-refractivity contribution in [2.24, 2.45) is 0 Å². The average molecular weight is 269 g/mol. The number of allylic oxidation sites excluding steroid dienone is 1. The molecule has 0 bridgehead atoms. The second-order valence-corrected chi connectivity index (χ2v) is 4.00. The molecule has 0 heterocycles. The molecule has 108 valence electrons. The Labute approximate surface area is 115 Å². The van der Waals surface area contributed by atoms with Crippen LogP contribution >= 0.6 is 0 Å². The second kappa shape index (κ2) is 13.1. The molecule has 0 saturated heterocycles. The Balaban J connectivity index is 3.47. The summed E-state index contributed by atoms with van der Waals surface area (Å²) < 4.78 is 5.30. The van der Waals surface area contributed by atoms with Crippen LogP contribution in [0.5, 0.6) is 0 Å². The molecule has 0 aliphatic rings. The number of rotatable bonds is 11. The fraction of sp³-hybridized carbons (Fsp3) is 0.714. The highest BCUT2D eigenvalue weighted by Gasteiger charge is 2.10. The van der Waals surface area contributed by atoms with Crippen molar-refractivity contribution in [1.82, 2.24) is 0 Å². The maximum Gasteiger partial charge on any atom is 0.383 e. The number of hydrogen-bond donors (Lipinski definition) is 0. The van der Waals surface area contributed by atoms with Gasteiger partial charge in [-0.15, -0.1) is 0 Å². The summed E-state index contributed by atoms with van der Waals surface area (Å²) in [4.78, 5) is 20.5. The Kier molecular flexibility index (Phi) is 12.1. The Morgan fingerprint density at radius 2 is 1.95 bits per heavy atom. The van der Waals surface area contributed by atoms with E-state index in [1.54, 1.807) is 6.07 Å². The Hall–Kier alpha value is -1.38. The predicted octanol–water partition coefficient (Wildman–Crippen LogP) is 2.92. The maximum atomic E-state index is 11.3. The van der Waals surface area contributed by atoms with E-state index >= 15 is 0 Å². The lowest BCUT2D eigenvalue weighted by Crippen LogP contribution is -2.11. The summed E-state index contributed by atoms with van der Waals surface area (Å²) in [6, 6.07) is 1.76. The van der Waals surface area contributed by atoms with Gasteiger partial charge in [-0.2, -0.15) is 10.1 Å². The van der Waals surface area contributed by atoms with Crippen LogP contribution in [0.15, 0.2) is 11.6 Å². The third-order valence-electron chi connectivity index (χ3n) is 2.34. The van der Waals surface area contributed by atoms with Crippen molar-refractivity contribution in [2.45, 2.75) is 46.0 Å². The molecule has 0 aromatic rings. The van der Waals surface area contributed by atoms with Crippen molar-refractivity contribution in [3.63, 3.8) is 0 Å². The number of nitriles is 1. The minimum atomic E-state index is -0.757. The first-order chi connectivity index (χ1) is 9.26. The van der Waals surface area contributed by atoms with Crippen LogP contribution in [0.2, 0.25) is 0 Å². The molecule has 0 fully saturated rings. The van der Waals surface area contributed by atoms with Crippen molar-refractivity contribution < 1.29 is 19.3 Å². The van der Waals surface area contributed by atoms with E-state index in [9.17, 15) is 4.79 Å². The molecule has 0 aliphatic carbocycles. The van der Waals surface area contributed by atoms with E-state index in [0.717, 1.165) is 6.42 Å². The van der Waals surface area contributed by atoms with Gasteiger partial charge in [0.1, 0.15) is 18.2 Å². The molecular formula is C14H23NO4. The van der Waals surface area contributed by atoms with Gasteiger partial charge in [0.15, 0.2) is 0 Å². The van der Waals surface area contributed by atoms with Gasteiger partial charge in [-0.05, 0) is 12.8 Å². The fourth-order valence-electron chi connectivity index (χ4n) is 1.34. The third-order valence-corrected chi connectivity index (χ3v) is 2.34. The lowest BCUT2D eigenvalue weighted by molar-refractivity contribution is -0.272. The quantitative estimate of drug-likeness (QED) is 0.190. The first-order valence-corrected chi connectivity index (χ1v) is 6.78. The molecule has 0 aromatic carbocycles. The van der Waals surface area contributed by atoms with E-state index in [1.165, 1.54) is 25.3 Å². The van der Waals surface area contributed by atoms with E-state index in [0.29, 0.717) is 19.6 Å². The molecule has 0 radical (unpaired) electrons. The molecule has 0 aliphatic heterocycles. The van der Waals surface area contributed by atoms with Crippen LogP contribution in [0.4, 0.5) is 0 Å². The summed E-state index contributed by atoms with van der Waals surface area (Å²) in [5, 5.41) is 8.67. The van der Waals surface area contributed by atoms with Crippen molar-refractivity contribution in [1.29, 1.82) is 5.26 Å². The predicted molar refractivity (Wildman–Crippen MR) is 71.0 cm³/mol. The lowest BCUT2D eigenvalue weighted by Gasteiger charge is -2.04. The molecule has 0 unspecified atom stereocenters. The van der Waals surface area contributed by atoms with Crippen molar-refractivity contribution in [2.75, 3.05) is 19.8 Å². The molecule has 5 nitrogen and oxygen atoms in total. The van der Waals surface area contributed by atoms with Crippen LogP contribution in [-0.2, 0) is 19.3 Å². The summed E-state index contributed by atoms with van der Waals surface area (Å²) in [6.45, 7) is 5.23. The van der Waals surface area contributed by atoms with Crippen molar-refractivity contribution >= 4 is 5.97 Å². The highest BCUT2D eigenvalue weighted by atomic mass is 17.2. The molecule has 0 atom stereocenters. The van der Waals surface area contributed by atoms with Crippen LogP contribution in [0.25, 0.3) is 0 Å². The highest BCUT2D eigenvalue weighted by molar-refractivity contribution is 5.92. The van der Waals surface area contributed by atoms with Crippen LogP contribution in [-0.4, -0.2) is 25.8 Å². The van der Waals surface area contributed by atoms with E-state index in [2.05, 4.69) is 16.7 Å². The summed E-state index contributed by atoms with van der Waals surface area (Å²) in [5.74, 6) is -0.757. The van der Waals surface area contributed by atoms with Crippen molar-refractivity contribution in [3.8, 4) is 6.07 Å². The van der Waals surface area contributed by atoms with Gasteiger partial charge >= 0.3 is 5.97 Å². The summed E-state index contributed by atoms with van der Waals surface area (Å²) >= 11 is 0. The largest absolute Gasteiger partial charge is 0.383 e. The molecule has 19 heavy (non-hydrogen) atoms. The van der Waals surface area contributed by atoms with Gasteiger partial charge in [0.25, 0.3) is 0 Å². The second-order valence-electron chi connectivity index (χ2n) is 4.00. The topological polar surface area (TPSA) is 68.6 Å². The summed E-state index contributed by atoms with van der Waals surface area (Å²) in [6.07, 6.45) is 6.71. The van der Waals surface area contributed by atoms with Gasteiger partial charge in [0.2, 0.25) is 0 Å². The minimum absolute atomic E-state index is 0.0389. The Morgan fingerprint density at radius 1 is 1.16 bits per heavy atom. The van der Waals surface area contributed by atoms with Crippen LogP contribution in [0.3, 0.4) is 0 Å². The number of ether oxygens (including phenoxy) is 1. The average Bonchev–Trinajstić information content (AvgIpc) is 2.42. The lowest BCUT2D eigenvalue weighted by atomic mass is 10.2. The molecule has 0 saturated carbocycles. The molecule has 5 heteroatoms. The van der Waals surface area contributed by atoms with E-state index < -0.39 is 5.97 Å². The number of nitrogens with zero attached hydrogens (tertiary/aromatic N) is 1. The molecule has 0 spiro atoms. The smallest absolute Gasteiger partial charge is 0.379 e. The first-order valence-electron chi connectivity index (χ1n) is 6.78. The zero-order chi connectivity index (χ0) is 14.3. The first kappa shape index (κ1) is 17.6. The maximum absolute atomic E-state index is 11.3. The van der Waals surface area contributed by atoms with Gasteiger partial charge in [-0.25, -0.2) is 4.79 Å². The van der Waals surface area contributed by atoms with Gasteiger partial charge in [0.05, 0.1) is 6.61 Å². The number of unbranched alkanes of at least 4 members (excludes halogenated alkanes) is 3. The number of carbonyl (C=O) groups excluding carboxylic acids is 1. The normalized spacial score (nSPS) is 11.1. The van der Waals surface area contributed by atoms with Crippen molar-refractivity contribution in [3.05, 3.63) is 11.6 Å². The van der Waals surface area contributed by atoms with E-state index in [4.69, 9.17) is 10.00 Å². The molecule has 0 rings (SSSR count). The SMILES string of the molecule is CCC=C(C#N)C(=O)OOCCOCCCCCC. The zero-order valence-corrected chi connectivity index (χ0v) is 11.8. The van der Waals surface area contributed by atoms with Gasteiger partial charge < -0.3 is 4.74 Å². The monoisotopic (exact) mass is 269 g/mol.